The molecule has 1 N–H and O–H groups in total. The van der Waals surface area contributed by atoms with Crippen LogP contribution in [0.5, 0.6) is 0 Å². The summed E-state index contributed by atoms with van der Waals surface area (Å²) in [6.45, 7) is 6.55. The Morgan fingerprint density at radius 2 is 1.77 bits per heavy atom. The lowest BCUT2D eigenvalue weighted by Crippen LogP contribution is -2.48. The van der Waals surface area contributed by atoms with Crippen molar-refractivity contribution in [3.63, 3.8) is 0 Å². The van der Waals surface area contributed by atoms with Crippen LogP contribution in [0.25, 0.3) is 10.2 Å². The van der Waals surface area contributed by atoms with Crippen molar-refractivity contribution in [1.29, 1.82) is 0 Å². The Bertz CT molecular complexity index is 1060. The summed E-state index contributed by atoms with van der Waals surface area (Å²) in [4.78, 5) is 33.0. The van der Waals surface area contributed by atoms with E-state index in [0.29, 0.717) is 22.7 Å². The second kappa shape index (κ2) is 9.12. The average molecular weight is 443 g/mol. The average Bonchev–Trinajstić information content (AvgIpc) is 3.20. The summed E-state index contributed by atoms with van der Waals surface area (Å²) in [7, 11) is 0. The van der Waals surface area contributed by atoms with Gasteiger partial charge in [0.05, 0.1) is 9.72 Å². The number of benzene rings is 2. The Morgan fingerprint density at radius 1 is 1.07 bits per heavy atom. The smallest absolute Gasteiger partial charge is 0.251 e. The molecule has 0 bridgehead atoms. The number of nitrogens with one attached hydrogen (secondary N) is 1. The lowest BCUT2D eigenvalue weighted by molar-refractivity contribution is 0.0945. The summed E-state index contributed by atoms with van der Waals surface area (Å²) in [5.74, 6) is -0.120. The first kappa shape index (κ1) is 20.8. The van der Waals surface area contributed by atoms with Crippen molar-refractivity contribution in [1.82, 2.24) is 15.2 Å². The van der Waals surface area contributed by atoms with Crippen molar-refractivity contribution in [3.05, 3.63) is 58.6 Å². The van der Waals surface area contributed by atoms with Gasteiger partial charge in [0.25, 0.3) is 5.91 Å². The number of ketones is 1. The molecule has 0 atom stereocenters. The topological polar surface area (TPSA) is 65.5 Å². The van der Waals surface area contributed by atoms with Gasteiger partial charge < -0.3 is 10.2 Å². The maximum Gasteiger partial charge on any atom is 0.251 e. The number of aromatic nitrogens is 1. The van der Waals surface area contributed by atoms with Crippen molar-refractivity contribution in [2.24, 2.45) is 0 Å². The first-order chi connectivity index (χ1) is 14.5. The van der Waals surface area contributed by atoms with Crippen LogP contribution in [0.2, 0.25) is 5.02 Å². The third kappa shape index (κ3) is 4.64. The van der Waals surface area contributed by atoms with Crippen LogP contribution < -0.4 is 10.2 Å². The van der Waals surface area contributed by atoms with E-state index in [0.717, 1.165) is 48.1 Å². The molecule has 0 aliphatic carbocycles. The molecule has 2 heterocycles. The van der Waals surface area contributed by atoms with E-state index in [4.69, 9.17) is 16.6 Å². The molecule has 0 spiro atoms. The molecule has 4 rings (SSSR count). The van der Waals surface area contributed by atoms with E-state index < -0.39 is 0 Å². The van der Waals surface area contributed by atoms with E-state index in [1.165, 1.54) is 6.92 Å². The number of carbonyl (C=O) groups is 2. The van der Waals surface area contributed by atoms with Crippen LogP contribution in [0.1, 0.15) is 27.6 Å². The van der Waals surface area contributed by atoms with Crippen molar-refractivity contribution in [2.75, 3.05) is 44.2 Å². The number of piperazine rings is 1. The van der Waals surface area contributed by atoms with Crippen LogP contribution >= 0.6 is 22.9 Å². The molecule has 1 saturated heterocycles. The van der Waals surface area contributed by atoms with Crippen molar-refractivity contribution in [2.45, 2.75) is 6.92 Å². The summed E-state index contributed by atoms with van der Waals surface area (Å²) < 4.78 is 1.11. The maximum atomic E-state index is 12.3. The third-order valence-electron chi connectivity index (χ3n) is 5.27. The quantitative estimate of drug-likeness (QED) is 0.589. The fourth-order valence-electron chi connectivity index (χ4n) is 3.49. The van der Waals surface area contributed by atoms with Gasteiger partial charge in [0, 0.05) is 50.4 Å². The summed E-state index contributed by atoms with van der Waals surface area (Å²) >= 11 is 7.92. The zero-order valence-corrected chi connectivity index (χ0v) is 18.3. The Labute approximate surface area is 184 Å². The monoisotopic (exact) mass is 442 g/mol. The molecule has 1 fully saturated rings. The molecule has 0 radical (unpaired) electrons. The van der Waals surface area contributed by atoms with Gasteiger partial charge in [-0.25, -0.2) is 4.98 Å². The Hall–Kier alpha value is -2.48. The number of carbonyl (C=O) groups excluding carboxylic acids is 2. The molecular weight excluding hydrogens is 420 g/mol. The van der Waals surface area contributed by atoms with E-state index in [1.54, 1.807) is 35.6 Å². The van der Waals surface area contributed by atoms with Gasteiger partial charge in [-0.3, -0.25) is 14.5 Å². The fraction of sp³-hybridized carbons (Fsp3) is 0.318. The van der Waals surface area contributed by atoms with Gasteiger partial charge in [0.2, 0.25) is 0 Å². The van der Waals surface area contributed by atoms with Gasteiger partial charge in [0.1, 0.15) is 5.52 Å². The third-order valence-corrected chi connectivity index (χ3v) is 6.65. The first-order valence-corrected chi connectivity index (χ1v) is 11.1. The zero-order chi connectivity index (χ0) is 21.1. The molecular formula is C22H23ClN4O2S. The maximum absolute atomic E-state index is 12.3. The molecule has 30 heavy (non-hydrogen) atoms. The number of Topliss-reactive ketones (excluding diaryl/α,β-unsaturated/α-hetero) is 1. The van der Waals surface area contributed by atoms with Crippen LogP contribution in [0.15, 0.2) is 42.5 Å². The summed E-state index contributed by atoms with van der Waals surface area (Å²) in [5, 5.41) is 4.67. The highest BCUT2D eigenvalue weighted by Crippen LogP contribution is 2.33. The van der Waals surface area contributed by atoms with E-state index in [1.807, 2.05) is 12.1 Å². The van der Waals surface area contributed by atoms with Gasteiger partial charge in [-0.1, -0.05) is 41.1 Å². The second-order valence-electron chi connectivity index (χ2n) is 7.30. The van der Waals surface area contributed by atoms with Gasteiger partial charge in [-0.15, -0.1) is 0 Å². The van der Waals surface area contributed by atoms with Crippen LogP contribution in [0, 0.1) is 0 Å². The van der Waals surface area contributed by atoms with Crippen LogP contribution in [0.3, 0.4) is 0 Å². The summed E-state index contributed by atoms with van der Waals surface area (Å²) in [6.07, 6.45) is 0. The van der Waals surface area contributed by atoms with E-state index in [2.05, 4.69) is 21.2 Å². The molecule has 1 amide bonds. The molecule has 8 heteroatoms. The molecule has 2 aromatic carbocycles. The van der Waals surface area contributed by atoms with E-state index in [9.17, 15) is 9.59 Å². The van der Waals surface area contributed by atoms with Crippen LogP contribution in [-0.4, -0.2) is 60.8 Å². The number of halogens is 1. The number of hydrogen-bond donors (Lipinski definition) is 1. The molecule has 6 nitrogen and oxygen atoms in total. The van der Waals surface area contributed by atoms with Crippen LogP contribution in [0.4, 0.5) is 5.13 Å². The number of hydrogen-bond acceptors (Lipinski definition) is 6. The van der Waals surface area contributed by atoms with Gasteiger partial charge in [-0.05, 0) is 31.2 Å². The summed E-state index contributed by atoms with van der Waals surface area (Å²) in [6, 6.07) is 12.6. The molecule has 3 aromatic rings. The van der Waals surface area contributed by atoms with Crippen LogP contribution in [-0.2, 0) is 0 Å². The number of nitrogens with zero attached hydrogens (tertiary/aromatic N) is 3. The number of rotatable bonds is 6. The molecule has 1 aromatic heterocycles. The van der Waals surface area contributed by atoms with E-state index in [-0.39, 0.29) is 11.7 Å². The van der Waals surface area contributed by atoms with Gasteiger partial charge in [0.15, 0.2) is 10.9 Å². The van der Waals surface area contributed by atoms with Crippen molar-refractivity contribution in [3.8, 4) is 0 Å². The SMILES string of the molecule is CC(=O)c1ccc(C(=O)NCCN2CCN(c3nc4c(Cl)cccc4s3)CC2)cc1. The van der Waals surface area contributed by atoms with Crippen molar-refractivity contribution >= 4 is 50.0 Å². The largest absolute Gasteiger partial charge is 0.351 e. The van der Waals surface area contributed by atoms with E-state index >= 15 is 0 Å². The Kier molecular flexibility index (Phi) is 6.32. The number of anilines is 1. The minimum absolute atomic E-state index is 0.00459. The number of fused-ring (bicyclic) bond motifs is 1. The van der Waals surface area contributed by atoms with Gasteiger partial charge in [-0.2, -0.15) is 0 Å². The molecule has 0 unspecified atom stereocenters. The zero-order valence-electron chi connectivity index (χ0n) is 16.7. The lowest BCUT2D eigenvalue weighted by Gasteiger charge is -2.34. The Balaban J connectivity index is 1.24. The standard InChI is InChI=1S/C22H23ClN4O2S/c1-15(28)16-5-7-17(8-6-16)21(29)24-9-10-26-11-13-27(14-12-26)22-25-20-18(23)3-2-4-19(20)30-22/h2-8H,9-14H2,1H3,(H,24,29). The number of para-hydroxylation sites is 1. The van der Waals surface area contributed by atoms with Gasteiger partial charge >= 0.3 is 0 Å². The minimum Gasteiger partial charge on any atom is -0.351 e. The fourth-order valence-corrected chi connectivity index (χ4v) is 4.80. The highest BCUT2D eigenvalue weighted by atomic mass is 35.5. The van der Waals surface area contributed by atoms with Crippen molar-refractivity contribution < 1.29 is 9.59 Å². The first-order valence-electron chi connectivity index (χ1n) is 9.93. The number of thiazole rings is 1. The highest BCUT2D eigenvalue weighted by molar-refractivity contribution is 7.22. The Morgan fingerprint density at radius 3 is 2.43 bits per heavy atom. The molecule has 1 aliphatic rings. The second-order valence-corrected chi connectivity index (χ2v) is 8.72. The predicted molar refractivity (Wildman–Crippen MR) is 122 cm³/mol. The minimum atomic E-state index is -0.116. The molecule has 156 valence electrons. The highest BCUT2D eigenvalue weighted by Gasteiger charge is 2.20. The lowest BCUT2D eigenvalue weighted by atomic mass is 10.1. The summed E-state index contributed by atoms with van der Waals surface area (Å²) in [5.41, 5.74) is 2.06. The molecule has 0 saturated carbocycles. The molecule has 1 aliphatic heterocycles. The predicted octanol–water partition coefficient (Wildman–Crippen LogP) is 3.70. The normalized spacial score (nSPS) is 14.8. The number of amides is 1.